The fraction of sp³-hybridized carbons (Fsp3) is 0.800. The molecule has 0 aliphatic carbocycles. The van der Waals surface area contributed by atoms with Crippen LogP contribution in [0.5, 0.6) is 0 Å². The highest BCUT2D eigenvalue weighted by molar-refractivity contribution is 5.74. The molecule has 2 aliphatic heterocycles. The van der Waals surface area contributed by atoms with Crippen LogP contribution in [-0.2, 0) is 9.47 Å². The van der Waals surface area contributed by atoms with Crippen molar-refractivity contribution in [3.05, 3.63) is 0 Å². The first kappa shape index (κ1) is 11.0. The van der Waals surface area contributed by atoms with Gasteiger partial charge >= 0.3 is 12.2 Å². The van der Waals surface area contributed by atoms with E-state index in [2.05, 4.69) is 5.32 Å². The van der Waals surface area contributed by atoms with Crippen molar-refractivity contribution >= 4 is 12.2 Å². The Balaban J connectivity index is 1.84. The number of rotatable bonds is 0. The minimum absolute atomic E-state index is 0.325. The van der Waals surface area contributed by atoms with Crippen LogP contribution in [0.3, 0.4) is 0 Å². The largest absolute Gasteiger partial charge is 0.447 e. The van der Waals surface area contributed by atoms with Crippen molar-refractivity contribution in [1.82, 2.24) is 10.2 Å². The molecule has 2 fully saturated rings. The average Bonchev–Trinajstić information content (AvgIpc) is 2.41. The third kappa shape index (κ3) is 2.05. The lowest BCUT2D eigenvalue weighted by atomic mass is 9.92. The molecule has 0 bridgehead atoms. The van der Waals surface area contributed by atoms with Gasteiger partial charge in [0, 0.05) is 0 Å². The number of nitrogens with zero attached hydrogens (tertiary/aromatic N) is 1. The molecule has 2 aliphatic rings. The zero-order chi connectivity index (χ0) is 12.0. The van der Waals surface area contributed by atoms with Gasteiger partial charge < -0.3 is 19.7 Å². The van der Waals surface area contributed by atoms with E-state index >= 15 is 0 Å². The minimum Gasteiger partial charge on any atom is -0.447 e. The molecule has 2 rings (SSSR count). The first-order chi connectivity index (χ1) is 7.30. The molecule has 6 heteroatoms. The number of cyclic esters (lactones) is 1. The van der Waals surface area contributed by atoms with E-state index in [-0.39, 0.29) is 11.6 Å². The highest BCUT2D eigenvalue weighted by Gasteiger charge is 2.52. The zero-order valence-electron chi connectivity index (χ0n) is 9.70. The maximum atomic E-state index is 11.6. The summed E-state index contributed by atoms with van der Waals surface area (Å²) in [6.07, 6.45) is -0.761. The number of hydrogen-bond donors (Lipinski definition) is 1. The Labute approximate surface area is 93.9 Å². The SMILES string of the molecule is CC(C)(C)OC(=O)N1CC2(COC(=O)N2)C1. The van der Waals surface area contributed by atoms with Gasteiger partial charge in [0.1, 0.15) is 17.7 Å². The molecule has 1 spiro atoms. The van der Waals surface area contributed by atoms with Crippen molar-refractivity contribution < 1.29 is 19.1 Å². The summed E-state index contributed by atoms with van der Waals surface area (Å²) < 4.78 is 10.0. The molecule has 0 saturated carbocycles. The summed E-state index contributed by atoms with van der Waals surface area (Å²) in [5.41, 5.74) is -0.872. The van der Waals surface area contributed by atoms with E-state index in [9.17, 15) is 9.59 Å². The Morgan fingerprint density at radius 1 is 1.50 bits per heavy atom. The number of ether oxygens (including phenoxy) is 2. The summed E-state index contributed by atoms with van der Waals surface area (Å²) >= 11 is 0. The first-order valence-corrected chi connectivity index (χ1v) is 5.23. The quantitative estimate of drug-likeness (QED) is 0.663. The van der Waals surface area contributed by atoms with Gasteiger partial charge in [0.25, 0.3) is 0 Å². The Morgan fingerprint density at radius 3 is 2.56 bits per heavy atom. The molecule has 2 saturated heterocycles. The highest BCUT2D eigenvalue weighted by Crippen LogP contribution is 2.26. The predicted octanol–water partition coefficient (Wildman–Crippen LogP) is 0.716. The Bertz CT molecular complexity index is 328. The Morgan fingerprint density at radius 2 is 2.12 bits per heavy atom. The van der Waals surface area contributed by atoms with Crippen LogP contribution in [0.1, 0.15) is 20.8 Å². The average molecular weight is 228 g/mol. The van der Waals surface area contributed by atoms with E-state index in [0.717, 1.165) is 0 Å². The maximum Gasteiger partial charge on any atom is 0.410 e. The van der Waals surface area contributed by atoms with E-state index < -0.39 is 11.7 Å². The van der Waals surface area contributed by atoms with Gasteiger partial charge in [0.2, 0.25) is 0 Å². The van der Waals surface area contributed by atoms with Crippen LogP contribution in [0.15, 0.2) is 0 Å². The summed E-state index contributed by atoms with van der Waals surface area (Å²) in [7, 11) is 0. The smallest absolute Gasteiger partial charge is 0.410 e. The molecule has 90 valence electrons. The summed E-state index contributed by atoms with van der Waals surface area (Å²) in [5.74, 6) is 0. The van der Waals surface area contributed by atoms with Gasteiger partial charge in [-0.1, -0.05) is 0 Å². The zero-order valence-corrected chi connectivity index (χ0v) is 9.70. The highest BCUT2D eigenvalue weighted by atomic mass is 16.6. The molecule has 0 unspecified atom stereocenters. The number of nitrogens with one attached hydrogen (secondary N) is 1. The predicted molar refractivity (Wildman–Crippen MR) is 55.0 cm³/mol. The Kier molecular flexibility index (Phi) is 2.25. The molecular weight excluding hydrogens is 212 g/mol. The van der Waals surface area contributed by atoms with E-state index in [1.54, 1.807) is 4.90 Å². The van der Waals surface area contributed by atoms with E-state index in [4.69, 9.17) is 9.47 Å². The Hall–Kier alpha value is -1.46. The molecule has 0 aromatic carbocycles. The first-order valence-electron chi connectivity index (χ1n) is 5.23. The molecule has 2 amide bonds. The molecule has 16 heavy (non-hydrogen) atoms. The minimum atomic E-state index is -0.491. The molecule has 0 aromatic heterocycles. The second kappa shape index (κ2) is 3.26. The van der Waals surface area contributed by atoms with Gasteiger partial charge in [-0.15, -0.1) is 0 Å². The second-order valence-electron chi connectivity index (χ2n) is 5.32. The lowest BCUT2D eigenvalue weighted by molar-refractivity contribution is -0.0139. The van der Waals surface area contributed by atoms with Gasteiger partial charge in [-0.05, 0) is 20.8 Å². The fourth-order valence-electron chi connectivity index (χ4n) is 1.80. The number of amides is 2. The summed E-state index contributed by atoms with van der Waals surface area (Å²) in [4.78, 5) is 24.1. The van der Waals surface area contributed by atoms with Gasteiger partial charge in [-0.3, -0.25) is 0 Å². The van der Waals surface area contributed by atoms with Gasteiger partial charge in [0.05, 0.1) is 13.1 Å². The van der Waals surface area contributed by atoms with Crippen LogP contribution in [0, 0.1) is 0 Å². The monoisotopic (exact) mass is 228 g/mol. The van der Waals surface area contributed by atoms with Gasteiger partial charge in [0.15, 0.2) is 0 Å². The molecule has 0 radical (unpaired) electrons. The molecule has 0 aromatic rings. The second-order valence-corrected chi connectivity index (χ2v) is 5.32. The summed E-state index contributed by atoms with van der Waals surface area (Å²) in [6, 6.07) is 0. The van der Waals surface area contributed by atoms with E-state index in [1.807, 2.05) is 20.8 Å². The lowest BCUT2D eigenvalue weighted by Crippen LogP contribution is -2.70. The van der Waals surface area contributed by atoms with Crippen LogP contribution in [0.4, 0.5) is 9.59 Å². The van der Waals surface area contributed by atoms with Crippen molar-refractivity contribution in [3.63, 3.8) is 0 Å². The van der Waals surface area contributed by atoms with Crippen molar-refractivity contribution in [1.29, 1.82) is 0 Å². The van der Waals surface area contributed by atoms with Crippen LogP contribution in [0.2, 0.25) is 0 Å². The van der Waals surface area contributed by atoms with E-state index in [0.29, 0.717) is 19.7 Å². The van der Waals surface area contributed by atoms with Gasteiger partial charge in [-0.2, -0.15) is 0 Å². The normalized spacial score (nSPS) is 22.4. The summed E-state index contributed by atoms with van der Waals surface area (Å²) in [5, 5.41) is 2.70. The summed E-state index contributed by atoms with van der Waals surface area (Å²) in [6.45, 7) is 6.69. The van der Waals surface area contributed by atoms with Crippen molar-refractivity contribution in [2.45, 2.75) is 31.9 Å². The van der Waals surface area contributed by atoms with Crippen molar-refractivity contribution in [2.75, 3.05) is 19.7 Å². The number of likely N-dealkylation sites (tertiary alicyclic amines) is 1. The number of carbonyl (C=O) groups excluding carboxylic acids is 2. The topological polar surface area (TPSA) is 67.9 Å². The van der Waals surface area contributed by atoms with E-state index in [1.165, 1.54) is 0 Å². The van der Waals surface area contributed by atoms with Crippen molar-refractivity contribution in [2.24, 2.45) is 0 Å². The standard InChI is InChI=1S/C10H16N2O4/c1-9(2,3)16-8(14)12-4-10(5-12)6-15-7(13)11-10/h4-6H2,1-3H3,(H,11,13). The molecule has 2 heterocycles. The number of carbonyl (C=O) groups is 2. The van der Waals surface area contributed by atoms with Crippen LogP contribution in [-0.4, -0.2) is 47.9 Å². The van der Waals surface area contributed by atoms with Gasteiger partial charge in [-0.25, -0.2) is 9.59 Å². The fourth-order valence-corrected chi connectivity index (χ4v) is 1.80. The lowest BCUT2D eigenvalue weighted by Gasteiger charge is -2.45. The number of hydrogen-bond acceptors (Lipinski definition) is 4. The van der Waals surface area contributed by atoms with Crippen molar-refractivity contribution in [3.8, 4) is 0 Å². The van der Waals surface area contributed by atoms with Crippen LogP contribution < -0.4 is 5.32 Å². The van der Waals surface area contributed by atoms with Crippen LogP contribution >= 0.6 is 0 Å². The third-order valence-corrected chi connectivity index (χ3v) is 2.49. The maximum absolute atomic E-state index is 11.6. The molecule has 1 N–H and O–H groups in total. The molecule has 0 atom stereocenters. The third-order valence-electron chi connectivity index (χ3n) is 2.49. The molecule has 6 nitrogen and oxygen atoms in total. The number of alkyl carbamates (subject to hydrolysis) is 1. The molecular formula is C10H16N2O4. The van der Waals surface area contributed by atoms with Crippen LogP contribution in [0.25, 0.3) is 0 Å².